The summed E-state index contributed by atoms with van der Waals surface area (Å²) in [4.78, 5) is 4.11. The largest absolute Gasteiger partial charge is 0.264 e. The van der Waals surface area contributed by atoms with Gasteiger partial charge in [0.1, 0.15) is 22.4 Å². The van der Waals surface area contributed by atoms with Crippen LogP contribution in [-0.2, 0) is 13.6 Å². The van der Waals surface area contributed by atoms with Crippen molar-refractivity contribution in [2.24, 2.45) is 7.05 Å². The van der Waals surface area contributed by atoms with Gasteiger partial charge in [-0.2, -0.15) is 10.2 Å². The van der Waals surface area contributed by atoms with Gasteiger partial charge in [-0.3, -0.25) is 9.36 Å². The van der Waals surface area contributed by atoms with Gasteiger partial charge in [0.2, 0.25) is 0 Å². The van der Waals surface area contributed by atoms with Gasteiger partial charge in [-0.1, -0.05) is 0 Å². The van der Waals surface area contributed by atoms with E-state index in [1.165, 1.54) is 0 Å². The van der Waals surface area contributed by atoms with Crippen molar-refractivity contribution in [2.75, 3.05) is 0 Å². The molecule has 0 unspecified atom stereocenters. The summed E-state index contributed by atoms with van der Waals surface area (Å²) in [6, 6.07) is 1.96. The van der Waals surface area contributed by atoms with E-state index in [2.05, 4.69) is 37.8 Å². The predicted octanol–water partition coefficient (Wildman–Crippen LogP) is 0.664. The molecule has 0 atom stereocenters. The minimum absolute atomic E-state index is 0.666. The first kappa shape index (κ1) is 8.67. The molecule has 5 nitrogen and oxygen atoms in total. The molecular weight excluding hydrogens is 281 g/mol. The average Bonchev–Trinajstić information content (AvgIpc) is 2.64. The summed E-state index contributed by atoms with van der Waals surface area (Å²) < 4.78 is 4.57. The van der Waals surface area contributed by atoms with Crippen LogP contribution in [0.2, 0.25) is 0 Å². The Morgan fingerprint density at radius 1 is 1.54 bits per heavy atom. The zero-order chi connectivity index (χ0) is 9.26. The van der Waals surface area contributed by atoms with E-state index in [0.29, 0.717) is 6.54 Å². The SMILES string of the molecule is Cn1ncnc1Cn1ccc(I)n1. The lowest BCUT2D eigenvalue weighted by atomic mass is 10.6. The topological polar surface area (TPSA) is 48.5 Å². The molecule has 13 heavy (non-hydrogen) atoms. The van der Waals surface area contributed by atoms with Crippen LogP contribution in [0, 0.1) is 3.70 Å². The van der Waals surface area contributed by atoms with Crippen molar-refractivity contribution in [1.82, 2.24) is 24.5 Å². The first-order valence-electron chi connectivity index (χ1n) is 3.77. The molecule has 0 spiro atoms. The van der Waals surface area contributed by atoms with Crippen molar-refractivity contribution in [3.05, 3.63) is 28.1 Å². The van der Waals surface area contributed by atoms with E-state index in [0.717, 1.165) is 9.53 Å². The Kier molecular flexibility index (Phi) is 2.30. The third kappa shape index (κ3) is 1.87. The molecule has 0 radical (unpaired) electrons. The van der Waals surface area contributed by atoms with E-state index in [1.54, 1.807) is 11.0 Å². The van der Waals surface area contributed by atoms with Crippen LogP contribution < -0.4 is 0 Å². The van der Waals surface area contributed by atoms with Gasteiger partial charge >= 0.3 is 0 Å². The quantitative estimate of drug-likeness (QED) is 0.763. The van der Waals surface area contributed by atoms with Gasteiger partial charge in [-0.15, -0.1) is 0 Å². The molecule has 68 valence electrons. The first-order chi connectivity index (χ1) is 6.25. The van der Waals surface area contributed by atoms with Crippen molar-refractivity contribution >= 4 is 22.6 Å². The van der Waals surface area contributed by atoms with Crippen LogP contribution in [0.3, 0.4) is 0 Å². The predicted molar refractivity (Wildman–Crippen MR) is 55.0 cm³/mol. The molecule has 2 heterocycles. The second-order valence-electron chi connectivity index (χ2n) is 2.64. The highest BCUT2D eigenvalue weighted by atomic mass is 127. The van der Waals surface area contributed by atoms with E-state index < -0.39 is 0 Å². The van der Waals surface area contributed by atoms with E-state index in [9.17, 15) is 0 Å². The number of hydrogen-bond donors (Lipinski definition) is 0. The standard InChI is InChI=1S/C7H8IN5/c1-12-7(9-5-10-12)4-13-3-2-6(8)11-13/h2-3,5H,4H2,1H3. The Bertz CT molecular complexity index is 404. The van der Waals surface area contributed by atoms with Crippen molar-refractivity contribution in [1.29, 1.82) is 0 Å². The van der Waals surface area contributed by atoms with Gasteiger partial charge < -0.3 is 0 Å². The summed E-state index contributed by atoms with van der Waals surface area (Å²) >= 11 is 2.18. The van der Waals surface area contributed by atoms with Crippen molar-refractivity contribution in [3.63, 3.8) is 0 Å². The smallest absolute Gasteiger partial charge is 0.148 e. The molecule has 0 aromatic carbocycles. The molecule has 0 amide bonds. The third-order valence-corrected chi connectivity index (χ3v) is 2.29. The summed E-state index contributed by atoms with van der Waals surface area (Å²) in [6.45, 7) is 0.666. The fourth-order valence-corrected chi connectivity index (χ4v) is 1.47. The Balaban J connectivity index is 2.19. The van der Waals surface area contributed by atoms with E-state index in [4.69, 9.17) is 0 Å². The van der Waals surface area contributed by atoms with Crippen molar-refractivity contribution in [2.45, 2.75) is 6.54 Å². The lowest BCUT2D eigenvalue weighted by Crippen LogP contribution is -2.07. The number of aryl methyl sites for hydroxylation is 1. The van der Waals surface area contributed by atoms with Gasteiger partial charge in [-0.05, 0) is 28.7 Å². The van der Waals surface area contributed by atoms with Gasteiger partial charge in [0.15, 0.2) is 0 Å². The summed E-state index contributed by atoms with van der Waals surface area (Å²) in [5.41, 5.74) is 0. The summed E-state index contributed by atoms with van der Waals surface area (Å²) in [5.74, 6) is 0.902. The Morgan fingerprint density at radius 2 is 2.38 bits per heavy atom. The van der Waals surface area contributed by atoms with Gasteiger partial charge in [0.25, 0.3) is 0 Å². The fraction of sp³-hybridized carbons (Fsp3) is 0.286. The molecule has 0 N–H and O–H groups in total. The van der Waals surface area contributed by atoms with Crippen LogP contribution in [0.4, 0.5) is 0 Å². The molecule has 6 heteroatoms. The number of hydrogen-bond acceptors (Lipinski definition) is 3. The number of halogens is 1. The third-order valence-electron chi connectivity index (χ3n) is 1.72. The molecule has 2 aromatic heterocycles. The maximum Gasteiger partial charge on any atom is 0.148 e. The second-order valence-corrected chi connectivity index (χ2v) is 3.74. The van der Waals surface area contributed by atoms with Gasteiger partial charge in [0, 0.05) is 13.2 Å². The lowest BCUT2D eigenvalue weighted by Gasteiger charge is -1.99. The molecule has 0 aliphatic heterocycles. The highest BCUT2D eigenvalue weighted by molar-refractivity contribution is 14.1. The molecule has 0 saturated carbocycles. The zero-order valence-corrected chi connectivity index (χ0v) is 9.21. The molecule has 0 aliphatic carbocycles. The van der Waals surface area contributed by atoms with Gasteiger partial charge in [0.05, 0.1) is 0 Å². The second kappa shape index (κ2) is 3.44. The summed E-state index contributed by atoms with van der Waals surface area (Å²) in [5, 5.41) is 8.23. The first-order valence-corrected chi connectivity index (χ1v) is 4.85. The highest BCUT2D eigenvalue weighted by Crippen LogP contribution is 2.01. The van der Waals surface area contributed by atoms with Crippen LogP contribution in [0.5, 0.6) is 0 Å². The minimum atomic E-state index is 0.666. The zero-order valence-electron chi connectivity index (χ0n) is 7.05. The van der Waals surface area contributed by atoms with Crippen molar-refractivity contribution in [3.8, 4) is 0 Å². The van der Waals surface area contributed by atoms with E-state index >= 15 is 0 Å². The highest BCUT2D eigenvalue weighted by Gasteiger charge is 2.01. The molecule has 0 bridgehead atoms. The van der Waals surface area contributed by atoms with Crippen molar-refractivity contribution < 1.29 is 0 Å². The number of nitrogens with zero attached hydrogens (tertiary/aromatic N) is 5. The summed E-state index contributed by atoms with van der Waals surface area (Å²) in [7, 11) is 1.87. The van der Waals surface area contributed by atoms with Crippen LogP contribution >= 0.6 is 22.6 Å². The van der Waals surface area contributed by atoms with Crippen LogP contribution in [-0.4, -0.2) is 24.5 Å². The Hall–Kier alpha value is -0.920. The molecule has 2 aromatic rings. The fourth-order valence-electron chi connectivity index (χ4n) is 1.03. The minimum Gasteiger partial charge on any atom is -0.264 e. The van der Waals surface area contributed by atoms with Crippen LogP contribution in [0.25, 0.3) is 0 Å². The Morgan fingerprint density at radius 3 is 2.92 bits per heavy atom. The van der Waals surface area contributed by atoms with Gasteiger partial charge in [-0.25, -0.2) is 4.98 Å². The maximum absolute atomic E-state index is 4.25. The van der Waals surface area contributed by atoms with E-state index in [-0.39, 0.29) is 0 Å². The van der Waals surface area contributed by atoms with Crippen LogP contribution in [0.1, 0.15) is 5.82 Å². The lowest BCUT2D eigenvalue weighted by molar-refractivity contribution is 0.605. The average molecular weight is 289 g/mol. The van der Waals surface area contributed by atoms with Crippen LogP contribution in [0.15, 0.2) is 18.6 Å². The Labute approximate surface area is 88.9 Å². The summed E-state index contributed by atoms with van der Waals surface area (Å²) in [6.07, 6.45) is 3.47. The molecule has 0 aliphatic rings. The maximum atomic E-state index is 4.25. The molecule has 2 rings (SSSR count). The molecular formula is C7H8IN5. The molecule has 0 fully saturated rings. The normalized spacial score (nSPS) is 10.6. The number of rotatable bonds is 2. The monoisotopic (exact) mass is 289 g/mol. The number of aromatic nitrogens is 5. The van der Waals surface area contributed by atoms with E-state index in [1.807, 2.05) is 24.0 Å². The molecule has 0 saturated heterocycles.